The van der Waals surface area contributed by atoms with Crippen LogP contribution in [0.25, 0.3) is 0 Å². The van der Waals surface area contributed by atoms with E-state index in [4.69, 9.17) is 11.6 Å². The van der Waals surface area contributed by atoms with E-state index < -0.39 is 10.0 Å². The molecule has 6 nitrogen and oxygen atoms in total. The Morgan fingerprint density at radius 1 is 1.35 bits per heavy atom. The Morgan fingerprint density at radius 3 is 2.40 bits per heavy atom. The summed E-state index contributed by atoms with van der Waals surface area (Å²) in [5.41, 5.74) is 0. The summed E-state index contributed by atoms with van der Waals surface area (Å²) < 4.78 is 26.4. The quantitative estimate of drug-likeness (QED) is 0.781. The average molecular weight is 319 g/mol. The summed E-state index contributed by atoms with van der Waals surface area (Å²) >= 11 is 5.59. The highest BCUT2D eigenvalue weighted by atomic mass is 35.5. The largest absolute Gasteiger partial charge is 0.303 e. The molecule has 8 heteroatoms. The van der Waals surface area contributed by atoms with Gasteiger partial charge in [0.15, 0.2) is 0 Å². The van der Waals surface area contributed by atoms with Crippen LogP contribution in [0.2, 0.25) is 5.28 Å². The number of sulfonamides is 1. The van der Waals surface area contributed by atoms with Gasteiger partial charge in [0.2, 0.25) is 15.3 Å². The fourth-order valence-electron chi connectivity index (χ4n) is 2.40. The van der Waals surface area contributed by atoms with Crippen LogP contribution < -0.4 is 0 Å². The Balaban J connectivity index is 2.11. The van der Waals surface area contributed by atoms with Gasteiger partial charge in [-0.3, -0.25) is 0 Å². The molecule has 0 spiro atoms. The SMILES string of the molecule is CCN1CCC(N(C)S(=O)(=O)c2cnc(Cl)nc2)CC1. The summed E-state index contributed by atoms with van der Waals surface area (Å²) in [4.78, 5) is 9.88. The number of nitrogens with zero attached hydrogens (tertiary/aromatic N) is 4. The van der Waals surface area contributed by atoms with Crippen molar-refractivity contribution in [2.45, 2.75) is 30.7 Å². The Labute approximate surface area is 124 Å². The predicted molar refractivity (Wildman–Crippen MR) is 77.1 cm³/mol. The van der Waals surface area contributed by atoms with Crippen molar-refractivity contribution in [3.05, 3.63) is 17.7 Å². The molecule has 0 unspecified atom stereocenters. The first-order valence-corrected chi connectivity index (χ1v) is 8.45. The van der Waals surface area contributed by atoms with Gasteiger partial charge in [0, 0.05) is 13.1 Å². The molecule has 1 aliphatic heterocycles. The van der Waals surface area contributed by atoms with E-state index in [1.54, 1.807) is 7.05 Å². The second kappa shape index (κ2) is 6.34. The molecule has 0 amide bonds. The molecule has 2 rings (SSSR count). The molecular weight excluding hydrogens is 300 g/mol. The van der Waals surface area contributed by atoms with E-state index in [-0.39, 0.29) is 16.2 Å². The molecule has 1 saturated heterocycles. The minimum absolute atomic E-state index is 0.0264. The first-order valence-electron chi connectivity index (χ1n) is 6.63. The third-order valence-electron chi connectivity index (χ3n) is 3.79. The fourth-order valence-corrected chi connectivity index (χ4v) is 3.80. The van der Waals surface area contributed by atoms with E-state index in [1.807, 2.05) is 0 Å². The number of aromatic nitrogens is 2. The van der Waals surface area contributed by atoms with Gasteiger partial charge in [0.05, 0.1) is 12.4 Å². The van der Waals surface area contributed by atoms with Crippen LogP contribution in [0.3, 0.4) is 0 Å². The Kier molecular flexibility index (Phi) is 4.95. The van der Waals surface area contributed by atoms with Gasteiger partial charge in [0.25, 0.3) is 0 Å². The molecule has 1 aliphatic rings. The topological polar surface area (TPSA) is 66.4 Å². The Morgan fingerprint density at radius 2 is 1.90 bits per heavy atom. The molecule has 1 aromatic rings. The van der Waals surface area contributed by atoms with Crippen molar-refractivity contribution in [2.24, 2.45) is 0 Å². The molecule has 1 fully saturated rings. The zero-order valence-electron chi connectivity index (χ0n) is 11.7. The highest BCUT2D eigenvalue weighted by molar-refractivity contribution is 7.89. The molecule has 0 N–H and O–H groups in total. The number of halogens is 1. The van der Waals surface area contributed by atoms with Crippen molar-refractivity contribution in [3.63, 3.8) is 0 Å². The maximum absolute atomic E-state index is 12.5. The lowest BCUT2D eigenvalue weighted by atomic mass is 10.1. The van der Waals surface area contributed by atoms with Crippen molar-refractivity contribution in [3.8, 4) is 0 Å². The van der Waals surface area contributed by atoms with E-state index in [2.05, 4.69) is 21.8 Å². The van der Waals surface area contributed by atoms with E-state index >= 15 is 0 Å². The average Bonchev–Trinajstić information content (AvgIpc) is 2.47. The zero-order chi connectivity index (χ0) is 14.8. The summed E-state index contributed by atoms with van der Waals surface area (Å²) in [6.45, 7) is 4.98. The van der Waals surface area contributed by atoms with Gasteiger partial charge < -0.3 is 4.90 Å². The number of hydrogen-bond acceptors (Lipinski definition) is 5. The minimum Gasteiger partial charge on any atom is -0.303 e. The number of likely N-dealkylation sites (tertiary alicyclic amines) is 1. The molecule has 112 valence electrons. The van der Waals surface area contributed by atoms with Crippen LogP contribution in [0, 0.1) is 0 Å². The van der Waals surface area contributed by atoms with Crippen LogP contribution in [-0.2, 0) is 10.0 Å². The van der Waals surface area contributed by atoms with Gasteiger partial charge in [-0.05, 0) is 44.1 Å². The summed E-state index contributed by atoms with van der Waals surface area (Å²) in [5.74, 6) is 0. The molecular formula is C12H19ClN4O2S. The lowest BCUT2D eigenvalue weighted by molar-refractivity contribution is 0.176. The molecule has 0 aliphatic carbocycles. The van der Waals surface area contributed by atoms with Gasteiger partial charge in [-0.2, -0.15) is 4.31 Å². The molecule has 0 aromatic carbocycles. The lowest BCUT2D eigenvalue weighted by Crippen LogP contribution is -2.45. The summed E-state index contributed by atoms with van der Waals surface area (Å²) in [5, 5.41) is 0.0443. The fraction of sp³-hybridized carbons (Fsp3) is 0.667. The third kappa shape index (κ3) is 3.28. The number of hydrogen-bond donors (Lipinski definition) is 0. The molecule has 0 saturated carbocycles. The van der Waals surface area contributed by atoms with Crippen LogP contribution in [0.5, 0.6) is 0 Å². The summed E-state index contributed by atoms with van der Waals surface area (Å²) in [7, 11) is -1.93. The van der Waals surface area contributed by atoms with Gasteiger partial charge in [-0.15, -0.1) is 0 Å². The monoisotopic (exact) mass is 318 g/mol. The zero-order valence-corrected chi connectivity index (χ0v) is 13.2. The first-order chi connectivity index (χ1) is 9.45. The second-order valence-corrected chi connectivity index (χ2v) is 7.21. The lowest BCUT2D eigenvalue weighted by Gasteiger charge is -2.35. The highest BCUT2D eigenvalue weighted by Crippen LogP contribution is 2.22. The second-order valence-electron chi connectivity index (χ2n) is 4.87. The van der Waals surface area contributed by atoms with E-state index in [0.29, 0.717) is 0 Å². The van der Waals surface area contributed by atoms with Crippen LogP contribution in [0.15, 0.2) is 17.3 Å². The van der Waals surface area contributed by atoms with Crippen LogP contribution in [0.1, 0.15) is 19.8 Å². The van der Waals surface area contributed by atoms with Crippen LogP contribution in [0.4, 0.5) is 0 Å². The minimum atomic E-state index is -3.55. The summed E-state index contributed by atoms with van der Waals surface area (Å²) in [6.07, 6.45) is 4.20. The standard InChI is InChI=1S/C12H19ClN4O2S/c1-3-17-6-4-10(5-7-17)16(2)20(18,19)11-8-14-12(13)15-9-11/h8-10H,3-7H2,1-2H3. The normalized spacial score (nSPS) is 18.6. The molecule has 0 atom stereocenters. The van der Waals surface area contributed by atoms with Gasteiger partial charge >= 0.3 is 0 Å². The third-order valence-corrected chi connectivity index (χ3v) is 5.85. The Bertz CT molecular complexity index is 541. The molecule has 0 radical (unpaired) electrons. The molecule has 20 heavy (non-hydrogen) atoms. The smallest absolute Gasteiger partial charge is 0.246 e. The van der Waals surface area contributed by atoms with Crippen molar-refractivity contribution in [1.29, 1.82) is 0 Å². The number of rotatable bonds is 4. The predicted octanol–water partition coefficient (Wildman–Crippen LogP) is 1.23. The van der Waals surface area contributed by atoms with E-state index in [0.717, 1.165) is 32.5 Å². The Hall–Kier alpha value is -0.760. The van der Waals surface area contributed by atoms with Crippen molar-refractivity contribution >= 4 is 21.6 Å². The van der Waals surface area contributed by atoms with Crippen LogP contribution >= 0.6 is 11.6 Å². The maximum atomic E-state index is 12.5. The van der Waals surface area contributed by atoms with Crippen molar-refractivity contribution in [1.82, 2.24) is 19.2 Å². The molecule has 0 bridgehead atoms. The summed E-state index contributed by atoms with van der Waals surface area (Å²) in [6, 6.07) is 0.0264. The van der Waals surface area contributed by atoms with E-state index in [1.165, 1.54) is 16.7 Å². The molecule has 2 heterocycles. The highest BCUT2D eigenvalue weighted by Gasteiger charge is 2.30. The van der Waals surface area contributed by atoms with Crippen molar-refractivity contribution in [2.75, 3.05) is 26.7 Å². The van der Waals surface area contributed by atoms with Crippen molar-refractivity contribution < 1.29 is 8.42 Å². The first kappa shape index (κ1) is 15.6. The van der Waals surface area contributed by atoms with Crippen LogP contribution in [-0.4, -0.2) is 60.3 Å². The van der Waals surface area contributed by atoms with Gasteiger partial charge in [-0.1, -0.05) is 6.92 Å². The van der Waals surface area contributed by atoms with Gasteiger partial charge in [-0.25, -0.2) is 18.4 Å². The number of piperidine rings is 1. The van der Waals surface area contributed by atoms with E-state index in [9.17, 15) is 8.42 Å². The van der Waals surface area contributed by atoms with Gasteiger partial charge in [0.1, 0.15) is 4.90 Å². The maximum Gasteiger partial charge on any atom is 0.246 e. The molecule has 1 aromatic heterocycles.